The minimum atomic E-state index is -4.73. The molecule has 2 rings (SSSR count). The van der Waals surface area contributed by atoms with E-state index in [1.165, 1.54) is 36.4 Å². The normalized spacial score (nSPS) is 11.2. The molecule has 0 aliphatic rings. The number of alkyl halides is 3. The monoisotopic (exact) mass is 301 g/mol. The lowest BCUT2D eigenvalue weighted by Gasteiger charge is -2.11. The van der Waals surface area contributed by atoms with E-state index in [1.54, 1.807) is 0 Å². The minimum absolute atomic E-state index is 0.0416. The molecule has 2 aromatic rings. The Bertz CT molecular complexity index is 611. The van der Waals surface area contributed by atoms with Crippen molar-refractivity contribution in [3.05, 3.63) is 53.8 Å². The average molecular weight is 301 g/mol. The Morgan fingerprint density at radius 2 is 1.67 bits per heavy atom. The van der Waals surface area contributed by atoms with Crippen LogP contribution in [0.25, 0.3) is 0 Å². The molecule has 2 N–H and O–H groups in total. The van der Waals surface area contributed by atoms with Crippen LogP contribution in [0.15, 0.2) is 42.5 Å². The van der Waals surface area contributed by atoms with Crippen molar-refractivity contribution in [3.63, 3.8) is 0 Å². The largest absolute Gasteiger partial charge is 0.573 e. The smallest absolute Gasteiger partial charge is 0.487 e. The summed E-state index contributed by atoms with van der Waals surface area (Å²) in [5.41, 5.74) is 6.47. The Hall–Kier alpha value is -2.44. The Kier molecular flexibility index (Phi) is 4.21. The van der Waals surface area contributed by atoms with Crippen LogP contribution in [0, 0.1) is 5.82 Å². The second kappa shape index (κ2) is 5.90. The van der Waals surface area contributed by atoms with Crippen LogP contribution >= 0.6 is 0 Å². The molecule has 0 saturated carbocycles. The highest BCUT2D eigenvalue weighted by atomic mass is 19.4. The fourth-order valence-electron chi connectivity index (χ4n) is 1.58. The zero-order chi connectivity index (χ0) is 15.5. The summed E-state index contributed by atoms with van der Waals surface area (Å²) in [6.45, 7) is 0.0416. The number of ether oxygens (including phenoxy) is 2. The molecule has 7 heteroatoms. The van der Waals surface area contributed by atoms with Gasteiger partial charge in [-0.1, -0.05) is 12.1 Å². The average Bonchev–Trinajstić information content (AvgIpc) is 2.40. The highest BCUT2D eigenvalue weighted by molar-refractivity contribution is 5.52. The predicted molar refractivity (Wildman–Crippen MR) is 68.3 cm³/mol. The molecule has 0 bridgehead atoms. The van der Waals surface area contributed by atoms with Gasteiger partial charge >= 0.3 is 6.36 Å². The Morgan fingerprint density at radius 1 is 1.00 bits per heavy atom. The van der Waals surface area contributed by atoms with E-state index >= 15 is 0 Å². The van der Waals surface area contributed by atoms with Gasteiger partial charge in [0, 0.05) is 6.07 Å². The van der Waals surface area contributed by atoms with Crippen LogP contribution in [0.5, 0.6) is 11.5 Å². The summed E-state index contributed by atoms with van der Waals surface area (Å²) in [7, 11) is 0. The molecule has 2 aromatic carbocycles. The van der Waals surface area contributed by atoms with Gasteiger partial charge < -0.3 is 15.2 Å². The summed E-state index contributed by atoms with van der Waals surface area (Å²) in [4.78, 5) is 0. The number of nitrogen functional groups attached to an aromatic ring is 1. The molecule has 0 atom stereocenters. The fraction of sp³-hybridized carbons (Fsp3) is 0.143. The van der Waals surface area contributed by atoms with Crippen LogP contribution in [0.4, 0.5) is 23.2 Å². The van der Waals surface area contributed by atoms with Crippen LogP contribution in [0.1, 0.15) is 5.56 Å². The molecule has 0 aliphatic heterocycles. The highest BCUT2D eigenvalue weighted by Gasteiger charge is 2.30. The molecule has 0 amide bonds. The lowest BCUT2D eigenvalue weighted by Crippen LogP contribution is -2.17. The SMILES string of the molecule is Nc1ccc(F)cc1OCc1ccc(OC(F)(F)F)cc1. The van der Waals surface area contributed by atoms with Crippen molar-refractivity contribution < 1.29 is 27.0 Å². The number of halogens is 4. The van der Waals surface area contributed by atoms with Gasteiger partial charge in [0.25, 0.3) is 0 Å². The third-order valence-electron chi connectivity index (χ3n) is 2.53. The second-order valence-corrected chi connectivity index (χ2v) is 4.16. The molecule has 3 nitrogen and oxygen atoms in total. The molecular weight excluding hydrogens is 290 g/mol. The number of nitrogens with two attached hydrogens (primary N) is 1. The van der Waals surface area contributed by atoms with Crippen LogP contribution in [0.3, 0.4) is 0 Å². The molecule has 21 heavy (non-hydrogen) atoms. The van der Waals surface area contributed by atoms with Gasteiger partial charge in [-0.2, -0.15) is 0 Å². The third kappa shape index (κ3) is 4.55. The molecule has 0 spiro atoms. The first-order valence-electron chi connectivity index (χ1n) is 5.86. The summed E-state index contributed by atoms with van der Waals surface area (Å²) >= 11 is 0. The second-order valence-electron chi connectivity index (χ2n) is 4.16. The molecule has 0 aromatic heterocycles. The summed E-state index contributed by atoms with van der Waals surface area (Å²) < 4.78 is 58.1. The fourth-order valence-corrected chi connectivity index (χ4v) is 1.58. The van der Waals surface area contributed by atoms with Crippen molar-refractivity contribution in [2.75, 3.05) is 5.73 Å². The van der Waals surface area contributed by atoms with E-state index in [0.29, 0.717) is 5.56 Å². The van der Waals surface area contributed by atoms with Crippen molar-refractivity contribution in [1.82, 2.24) is 0 Å². The van der Waals surface area contributed by atoms with E-state index < -0.39 is 12.2 Å². The molecular formula is C14H11F4NO2. The topological polar surface area (TPSA) is 44.5 Å². The lowest BCUT2D eigenvalue weighted by atomic mass is 10.2. The first-order chi connectivity index (χ1) is 9.83. The van der Waals surface area contributed by atoms with E-state index in [4.69, 9.17) is 10.5 Å². The maximum absolute atomic E-state index is 13.0. The molecule has 0 fully saturated rings. The van der Waals surface area contributed by atoms with E-state index in [1.807, 2.05) is 0 Å². The van der Waals surface area contributed by atoms with E-state index in [9.17, 15) is 17.6 Å². The molecule has 0 saturated heterocycles. The number of anilines is 1. The predicted octanol–water partition coefficient (Wildman–Crippen LogP) is 3.89. The molecule has 0 heterocycles. The maximum atomic E-state index is 13.0. The first kappa shape index (κ1) is 15.0. The molecule has 0 radical (unpaired) electrons. The summed E-state index contributed by atoms with van der Waals surface area (Å²) in [5, 5.41) is 0. The number of hydrogen-bond acceptors (Lipinski definition) is 3. The van der Waals surface area contributed by atoms with Crippen molar-refractivity contribution in [2.45, 2.75) is 13.0 Å². The van der Waals surface area contributed by atoms with Gasteiger partial charge in [0.05, 0.1) is 5.69 Å². The Labute approximate surface area is 117 Å². The summed E-state index contributed by atoms with van der Waals surface area (Å²) in [6.07, 6.45) is -4.73. The third-order valence-corrected chi connectivity index (χ3v) is 2.53. The standard InChI is InChI=1S/C14H11F4NO2/c15-10-3-6-12(19)13(7-10)20-8-9-1-4-11(5-2-9)21-14(16,17)18/h1-7H,8,19H2. The maximum Gasteiger partial charge on any atom is 0.573 e. The van der Waals surface area contributed by atoms with Crippen molar-refractivity contribution >= 4 is 5.69 Å². The van der Waals surface area contributed by atoms with Crippen molar-refractivity contribution in [2.24, 2.45) is 0 Å². The van der Waals surface area contributed by atoms with Gasteiger partial charge in [0.15, 0.2) is 0 Å². The van der Waals surface area contributed by atoms with Crippen molar-refractivity contribution in [1.29, 1.82) is 0 Å². The molecule has 0 aliphatic carbocycles. The van der Waals surface area contributed by atoms with Gasteiger partial charge in [-0.05, 0) is 29.8 Å². The zero-order valence-corrected chi connectivity index (χ0v) is 10.7. The van der Waals surface area contributed by atoms with Gasteiger partial charge in [-0.25, -0.2) is 4.39 Å². The number of hydrogen-bond donors (Lipinski definition) is 1. The summed E-state index contributed by atoms with van der Waals surface area (Å²) in [5.74, 6) is -0.643. The Balaban J connectivity index is 1.99. The first-order valence-corrected chi connectivity index (χ1v) is 5.86. The van der Waals surface area contributed by atoms with Crippen molar-refractivity contribution in [3.8, 4) is 11.5 Å². The van der Waals surface area contributed by atoms with E-state index in [2.05, 4.69) is 4.74 Å². The van der Waals surface area contributed by atoms with Crippen LogP contribution in [0.2, 0.25) is 0 Å². The van der Waals surface area contributed by atoms with Gasteiger partial charge in [-0.15, -0.1) is 13.2 Å². The number of benzene rings is 2. The van der Waals surface area contributed by atoms with Gasteiger partial charge in [0.1, 0.15) is 23.9 Å². The number of rotatable bonds is 4. The van der Waals surface area contributed by atoms with Crippen LogP contribution in [-0.2, 0) is 6.61 Å². The minimum Gasteiger partial charge on any atom is -0.487 e. The Morgan fingerprint density at radius 3 is 2.29 bits per heavy atom. The molecule has 112 valence electrons. The quantitative estimate of drug-likeness (QED) is 0.688. The van der Waals surface area contributed by atoms with Crippen LogP contribution < -0.4 is 15.2 Å². The van der Waals surface area contributed by atoms with Gasteiger partial charge in [-0.3, -0.25) is 0 Å². The van der Waals surface area contributed by atoms with E-state index in [0.717, 1.165) is 6.07 Å². The zero-order valence-electron chi connectivity index (χ0n) is 10.7. The van der Waals surface area contributed by atoms with Crippen LogP contribution in [-0.4, -0.2) is 6.36 Å². The van der Waals surface area contributed by atoms with Gasteiger partial charge in [0.2, 0.25) is 0 Å². The summed E-state index contributed by atoms with van der Waals surface area (Å²) in [6, 6.07) is 8.86. The highest BCUT2D eigenvalue weighted by Crippen LogP contribution is 2.25. The lowest BCUT2D eigenvalue weighted by molar-refractivity contribution is -0.274. The van der Waals surface area contributed by atoms with E-state index in [-0.39, 0.29) is 23.8 Å². The molecule has 0 unspecified atom stereocenters.